The second kappa shape index (κ2) is 8.62. The van der Waals surface area contributed by atoms with Crippen molar-refractivity contribution >= 4 is 28.6 Å². The van der Waals surface area contributed by atoms with Gasteiger partial charge in [-0.2, -0.15) is 0 Å². The Balaban J connectivity index is 1.55. The van der Waals surface area contributed by atoms with E-state index < -0.39 is 4.92 Å². The molecule has 1 heterocycles. The number of nitrogens with one attached hydrogen (secondary N) is 1. The Bertz CT molecular complexity index is 1020. The number of para-hydroxylation sites is 1. The minimum atomic E-state index is -0.423. The number of ether oxygens (including phenoxy) is 1. The first-order valence-electron chi connectivity index (χ1n) is 8.59. The van der Waals surface area contributed by atoms with Crippen LogP contribution >= 0.6 is 11.3 Å². The second-order valence-electron chi connectivity index (χ2n) is 6.27. The Morgan fingerprint density at radius 3 is 2.71 bits per heavy atom. The third-order valence-electron chi connectivity index (χ3n) is 4.08. The molecule has 2 aromatic carbocycles. The van der Waals surface area contributed by atoms with Crippen molar-refractivity contribution in [2.45, 2.75) is 26.9 Å². The third-order valence-corrected chi connectivity index (χ3v) is 4.98. The number of thiazole rings is 1. The highest BCUT2D eigenvalue weighted by atomic mass is 32.1. The van der Waals surface area contributed by atoms with Crippen LogP contribution in [-0.4, -0.2) is 15.8 Å². The minimum Gasteiger partial charge on any atom is -0.487 e. The molecule has 144 valence electrons. The molecule has 8 heteroatoms. The van der Waals surface area contributed by atoms with Gasteiger partial charge in [0, 0.05) is 22.7 Å². The second-order valence-corrected chi connectivity index (χ2v) is 7.21. The maximum Gasteiger partial charge on any atom is 0.272 e. The third kappa shape index (κ3) is 4.92. The van der Waals surface area contributed by atoms with Crippen LogP contribution in [0.15, 0.2) is 47.8 Å². The summed E-state index contributed by atoms with van der Waals surface area (Å²) in [6.07, 6.45) is 0.190. The molecule has 0 aliphatic heterocycles. The minimum absolute atomic E-state index is 0.0583. The van der Waals surface area contributed by atoms with Crippen LogP contribution in [-0.2, 0) is 17.8 Å². The summed E-state index contributed by atoms with van der Waals surface area (Å²) in [7, 11) is 0. The molecule has 0 saturated heterocycles. The van der Waals surface area contributed by atoms with Gasteiger partial charge in [0.1, 0.15) is 17.4 Å². The predicted molar refractivity (Wildman–Crippen MR) is 108 cm³/mol. The molecular formula is C20H19N3O4S. The van der Waals surface area contributed by atoms with Gasteiger partial charge in [-0.25, -0.2) is 4.98 Å². The highest BCUT2D eigenvalue weighted by Gasteiger charge is 2.12. The fraction of sp³-hybridized carbons (Fsp3) is 0.200. The van der Waals surface area contributed by atoms with Crippen LogP contribution in [0.3, 0.4) is 0 Å². The molecule has 0 fully saturated rings. The molecule has 0 aliphatic carbocycles. The lowest BCUT2D eigenvalue weighted by molar-refractivity contribution is -0.385. The van der Waals surface area contributed by atoms with E-state index in [2.05, 4.69) is 10.3 Å². The van der Waals surface area contributed by atoms with Crippen LogP contribution in [0.1, 0.15) is 21.8 Å². The van der Waals surface area contributed by atoms with Crippen molar-refractivity contribution in [3.05, 3.63) is 79.8 Å². The molecule has 1 amide bonds. The average Bonchev–Trinajstić information content (AvgIpc) is 3.09. The van der Waals surface area contributed by atoms with Gasteiger partial charge in [-0.3, -0.25) is 14.9 Å². The van der Waals surface area contributed by atoms with E-state index in [0.29, 0.717) is 22.0 Å². The van der Waals surface area contributed by atoms with E-state index in [4.69, 9.17) is 4.74 Å². The fourth-order valence-electron chi connectivity index (χ4n) is 2.62. The smallest absolute Gasteiger partial charge is 0.272 e. The average molecular weight is 397 g/mol. The number of nitro benzene ring substituents is 1. The van der Waals surface area contributed by atoms with Crippen LogP contribution < -0.4 is 10.1 Å². The maximum absolute atomic E-state index is 12.2. The van der Waals surface area contributed by atoms with Crippen molar-refractivity contribution in [1.29, 1.82) is 0 Å². The molecule has 1 N–H and O–H groups in total. The van der Waals surface area contributed by atoms with E-state index in [9.17, 15) is 14.9 Å². The quantitative estimate of drug-likeness (QED) is 0.470. The summed E-state index contributed by atoms with van der Waals surface area (Å²) in [6.45, 7) is 3.83. The molecule has 28 heavy (non-hydrogen) atoms. The number of nitrogens with zero attached hydrogens (tertiary/aromatic N) is 2. The molecule has 7 nitrogen and oxygen atoms in total. The summed E-state index contributed by atoms with van der Waals surface area (Å²) in [4.78, 5) is 27.1. The largest absolute Gasteiger partial charge is 0.487 e. The highest BCUT2D eigenvalue weighted by molar-refractivity contribution is 7.09. The molecule has 0 bridgehead atoms. The Hall–Kier alpha value is -3.26. The molecule has 3 rings (SSSR count). The Morgan fingerprint density at radius 2 is 2.00 bits per heavy atom. The summed E-state index contributed by atoms with van der Waals surface area (Å²) in [5.41, 5.74) is 3.10. The van der Waals surface area contributed by atoms with Gasteiger partial charge in [-0.1, -0.05) is 18.2 Å². The maximum atomic E-state index is 12.2. The molecule has 0 aliphatic rings. The van der Waals surface area contributed by atoms with Crippen LogP contribution in [0.2, 0.25) is 0 Å². The first-order chi connectivity index (χ1) is 13.4. The lowest BCUT2D eigenvalue weighted by Gasteiger charge is -2.07. The van der Waals surface area contributed by atoms with Gasteiger partial charge >= 0.3 is 0 Å². The van der Waals surface area contributed by atoms with Gasteiger partial charge in [0.05, 0.1) is 17.0 Å². The van der Waals surface area contributed by atoms with Crippen LogP contribution in [0.25, 0.3) is 0 Å². The SMILES string of the molecule is Cc1ccccc1NC(=O)Cc1nc(COc2ccc([N+](=O)[O-])c(C)c2)cs1. The molecule has 0 saturated carbocycles. The molecular weight excluding hydrogens is 378 g/mol. The fourth-order valence-corrected chi connectivity index (χ4v) is 3.40. The summed E-state index contributed by atoms with van der Waals surface area (Å²) >= 11 is 1.40. The zero-order valence-electron chi connectivity index (χ0n) is 15.5. The first-order valence-corrected chi connectivity index (χ1v) is 9.47. The van der Waals surface area contributed by atoms with Crippen molar-refractivity contribution in [3.8, 4) is 5.75 Å². The van der Waals surface area contributed by atoms with Crippen LogP contribution in [0.5, 0.6) is 5.75 Å². The van der Waals surface area contributed by atoms with E-state index in [0.717, 1.165) is 11.3 Å². The standard InChI is InChI=1S/C20H19N3O4S/c1-13-5-3-4-6-17(13)22-19(24)10-20-21-15(12-28-20)11-27-16-7-8-18(23(25)26)14(2)9-16/h3-9,12H,10-11H2,1-2H3,(H,22,24). The van der Waals surface area contributed by atoms with Gasteiger partial charge in [0.25, 0.3) is 5.69 Å². The van der Waals surface area contributed by atoms with Crippen LogP contribution in [0, 0.1) is 24.0 Å². The zero-order chi connectivity index (χ0) is 20.1. The van der Waals surface area contributed by atoms with E-state index >= 15 is 0 Å². The molecule has 0 unspecified atom stereocenters. The molecule has 0 atom stereocenters. The number of hydrogen-bond acceptors (Lipinski definition) is 6. The number of amides is 1. The Labute approximate surface area is 166 Å². The number of aryl methyl sites for hydroxylation is 2. The van der Waals surface area contributed by atoms with E-state index in [1.807, 2.05) is 36.6 Å². The van der Waals surface area contributed by atoms with Gasteiger partial charge in [-0.15, -0.1) is 11.3 Å². The molecule has 1 aromatic heterocycles. The van der Waals surface area contributed by atoms with Crippen molar-refractivity contribution in [2.24, 2.45) is 0 Å². The van der Waals surface area contributed by atoms with E-state index in [1.165, 1.54) is 17.4 Å². The number of rotatable bonds is 7. The lowest BCUT2D eigenvalue weighted by Crippen LogP contribution is -2.15. The number of hydrogen-bond donors (Lipinski definition) is 1. The summed E-state index contributed by atoms with van der Waals surface area (Å²) in [5, 5.41) is 16.3. The summed E-state index contributed by atoms with van der Waals surface area (Å²) < 4.78 is 5.66. The topological polar surface area (TPSA) is 94.4 Å². The summed E-state index contributed by atoms with van der Waals surface area (Å²) in [5.74, 6) is 0.414. The number of aromatic nitrogens is 1. The van der Waals surface area contributed by atoms with Crippen molar-refractivity contribution in [3.63, 3.8) is 0 Å². The number of anilines is 1. The normalized spacial score (nSPS) is 10.5. The summed E-state index contributed by atoms with van der Waals surface area (Å²) in [6, 6.07) is 12.2. The van der Waals surface area contributed by atoms with Crippen molar-refractivity contribution < 1.29 is 14.5 Å². The van der Waals surface area contributed by atoms with Gasteiger partial charge in [0.15, 0.2) is 0 Å². The number of benzene rings is 2. The Kier molecular flexibility index (Phi) is 6.00. The molecule has 0 spiro atoms. The number of carbonyl (C=O) groups excluding carboxylic acids is 1. The van der Waals surface area contributed by atoms with E-state index in [1.54, 1.807) is 19.1 Å². The molecule has 3 aromatic rings. The predicted octanol–water partition coefficient (Wildman–Crippen LogP) is 4.43. The van der Waals surface area contributed by atoms with Crippen molar-refractivity contribution in [1.82, 2.24) is 4.98 Å². The Morgan fingerprint density at radius 1 is 1.21 bits per heavy atom. The lowest BCUT2D eigenvalue weighted by atomic mass is 10.2. The van der Waals surface area contributed by atoms with Crippen molar-refractivity contribution in [2.75, 3.05) is 5.32 Å². The first kappa shape index (κ1) is 19.5. The highest BCUT2D eigenvalue weighted by Crippen LogP contribution is 2.24. The van der Waals surface area contributed by atoms with E-state index in [-0.39, 0.29) is 24.6 Å². The molecule has 0 radical (unpaired) electrons. The number of nitro groups is 1. The van der Waals surface area contributed by atoms with Gasteiger partial charge < -0.3 is 10.1 Å². The number of carbonyl (C=O) groups is 1. The zero-order valence-corrected chi connectivity index (χ0v) is 16.3. The van der Waals surface area contributed by atoms with Crippen LogP contribution in [0.4, 0.5) is 11.4 Å². The van der Waals surface area contributed by atoms with Gasteiger partial charge in [0.2, 0.25) is 5.91 Å². The monoisotopic (exact) mass is 397 g/mol. The van der Waals surface area contributed by atoms with Gasteiger partial charge in [-0.05, 0) is 37.6 Å².